The van der Waals surface area contributed by atoms with Crippen molar-refractivity contribution in [1.29, 1.82) is 5.41 Å². The Labute approximate surface area is 130 Å². The number of aromatic nitrogens is 4. The number of nitrogens with one attached hydrogen (secondary N) is 1. The van der Waals surface area contributed by atoms with Gasteiger partial charge in [0, 0.05) is 33.4 Å². The minimum Gasteiger partial charge on any atom is -0.477 e. The van der Waals surface area contributed by atoms with Crippen LogP contribution in [0.4, 0.5) is 0 Å². The van der Waals surface area contributed by atoms with Crippen molar-refractivity contribution in [3.05, 3.63) is 17.8 Å². The first-order valence-electron chi connectivity index (χ1n) is 7.25. The Morgan fingerprint density at radius 3 is 2.32 bits per heavy atom. The molecule has 0 radical (unpaired) electrons. The number of fused-ring (bicyclic) bond motifs is 1. The lowest BCUT2D eigenvalue weighted by atomic mass is 10.5. The van der Waals surface area contributed by atoms with E-state index in [4.69, 9.17) is 20.0 Å². The summed E-state index contributed by atoms with van der Waals surface area (Å²) in [5.41, 5.74) is 0.916. The number of hydrogen-bond donors (Lipinski definition) is 2. The van der Waals surface area contributed by atoms with Crippen molar-refractivity contribution < 1.29 is 14.6 Å². The molecule has 0 unspecified atom stereocenters. The number of aliphatic hydroxyl groups excluding tert-OH is 1. The summed E-state index contributed by atoms with van der Waals surface area (Å²) >= 11 is 0. The third-order valence-corrected chi connectivity index (χ3v) is 2.46. The second-order valence-electron chi connectivity index (χ2n) is 4.01. The van der Waals surface area contributed by atoms with Crippen LogP contribution in [0.2, 0.25) is 0 Å². The third kappa shape index (κ3) is 5.82. The van der Waals surface area contributed by atoms with E-state index >= 15 is 0 Å². The normalized spacial score (nSPS) is 9.55. The molecule has 2 rings (SSSR count). The summed E-state index contributed by atoms with van der Waals surface area (Å²) in [7, 11) is 2.71. The van der Waals surface area contributed by atoms with E-state index in [0.29, 0.717) is 24.7 Å². The van der Waals surface area contributed by atoms with Crippen molar-refractivity contribution in [2.75, 3.05) is 27.4 Å². The Morgan fingerprint density at radius 2 is 1.86 bits per heavy atom. The highest BCUT2D eigenvalue weighted by molar-refractivity contribution is 5.35. The first-order chi connectivity index (χ1) is 10.7. The Morgan fingerprint density at radius 1 is 1.18 bits per heavy atom. The molecule has 0 fully saturated rings. The largest absolute Gasteiger partial charge is 0.477 e. The van der Waals surface area contributed by atoms with Crippen LogP contribution in [0.1, 0.15) is 27.2 Å². The van der Waals surface area contributed by atoms with Crippen LogP contribution < -0.4 is 10.4 Å². The average Bonchev–Trinajstić information content (AvgIpc) is 2.87. The fraction of sp³-hybridized carbons (Fsp3) is 0.643. The van der Waals surface area contributed by atoms with Crippen molar-refractivity contribution in [3.63, 3.8) is 0 Å². The van der Waals surface area contributed by atoms with E-state index in [9.17, 15) is 0 Å². The van der Waals surface area contributed by atoms with Crippen LogP contribution in [0.3, 0.4) is 0 Å². The average molecular weight is 313 g/mol. The van der Waals surface area contributed by atoms with Crippen LogP contribution in [0, 0.1) is 5.41 Å². The van der Waals surface area contributed by atoms with Crippen LogP contribution in [0.5, 0.6) is 5.88 Å². The third-order valence-electron chi connectivity index (χ3n) is 2.46. The van der Waals surface area contributed by atoms with Crippen LogP contribution in [0.25, 0.3) is 5.65 Å². The van der Waals surface area contributed by atoms with Crippen molar-refractivity contribution in [2.24, 2.45) is 0 Å². The zero-order chi connectivity index (χ0) is 17.0. The van der Waals surface area contributed by atoms with Gasteiger partial charge in [0.15, 0.2) is 5.65 Å². The summed E-state index contributed by atoms with van der Waals surface area (Å²) in [6.45, 7) is 8.03. The number of ether oxygens (including phenoxy) is 2. The van der Waals surface area contributed by atoms with E-state index in [1.165, 1.54) is 4.52 Å². The molecular formula is C14H27N5O3. The minimum atomic E-state index is 0.258. The molecular weight excluding hydrogens is 286 g/mol. The van der Waals surface area contributed by atoms with Gasteiger partial charge in [0.1, 0.15) is 0 Å². The quantitative estimate of drug-likeness (QED) is 0.861. The second-order valence-corrected chi connectivity index (χ2v) is 4.01. The van der Waals surface area contributed by atoms with Crippen molar-refractivity contribution in [1.82, 2.24) is 19.4 Å². The van der Waals surface area contributed by atoms with Gasteiger partial charge in [-0.15, -0.1) is 10.2 Å². The summed E-state index contributed by atoms with van der Waals surface area (Å²) < 4.78 is 13.0. The van der Waals surface area contributed by atoms with E-state index in [1.54, 1.807) is 23.9 Å². The van der Waals surface area contributed by atoms with Gasteiger partial charge in [-0.3, -0.25) is 5.41 Å². The molecule has 22 heavy (non-hydrogen) atoms. The van der Waals surface area contributed by atoms with Gasteiger partial charge in [0.25, 0.3) is 0 Å². The molecule has 2 N–H and O–H groups in total. The van der Waals surface area contributed by atoms with E-state index < -0.39 is 0 Å². The van der Waals surface area contributed by atoms with E-state index in [-0.39, 0.29) is 5.62 Å². The number of hydrogen-bond acceptors (Lipinski definition) is 6. The Hall–Kier alpha value is -1.93. The number of rotatable bonds is 5. The minimum absolute atomic E-state index is 0.258. The molecule has 0 amide bonds. The lowest BCUT2D eigenvalue weighted by molar-refractivity contribution is 0.199. The Bertz CT molecular complexity index is 577. The predicted octanol–water partition coefficient (Wildman–Crippen LogP) is 1.08. The van der Waals surface area contributed by atoms with Gasteiger partial charge in [-0.25, -0.2) is 4.68 Å². The highest BCUT2D eigenvalue weighted by atomic mass is 16.5. The molecule has 0 aliphatic heterocycles. The van der Waals surface area contributed by atoms with E-state index in [1.807, 2.05) is 13.8 Å². The molecule has 0 aliphatic carbocycles. The second kappa shape index (κ2) is 11.7. The molecule has 2 aromatic heterocycles. The molecule has 2 aromatic rings. The molecule has 126 valence electrons. The van der Waals surface area contributed by atoms with Gasteiger partial charge in [0.2, 0.25) is 11.5 Å². The topological polar surface area (TPSA) is 97.7 Å². The van der Waals surface area contributed by atoms with E-state index in [0.717, 1.165) is 20.1 Å². The first kappa shape index (κ1) is 20.1. The lowest BCUT2D eigenvalue weighted by Gasteiger charge is -2.00. The standard InChI is InChI=1S/C9H13N5O.C4H10O.CH4O/c1-3-13-9(10)14-7(11-13)5-6-8(12-14)15-4-2;1-3-4-5-2;1-2/h5-6,10H,3-4H2,1-2H3;3-4H2,1-2H3;2H,1H3. The van der Waals surface area contributed by atoms with Gasteiger partial charge < -0.3 is 14.6 Å². The Balaban J connectivity index is 0.000000540. The maximum Gasteiger partial charge on any atom is 0.242 e. The predicted molar refractivity (Wildman–Crippen MR) is 84.0 cm³/mol. The Kier molecular flexibility index (Phi) is 10.7. The van der Waals surface area contributed by atoms with Crippen molar-refractivity contribution >= 4 is 5.65 Å². The molecule has 0 atom stereocenters. The highest BCUT2D eigenvalue weighted by Gasteiger charge is 2.04. The SMILES string of the molecule is CCCOC.CCOc1ccc2nn(CC)c(=N)n2n1.CO. The smallest absolute Gasteiger partial charge is 0.242 e. The van der Waals surface area contributed by atoms with Crippen LogP contribution in [-0.4, -0.2) is 51.9 Å². The van der Waals surface area contributed by atoms with Gasteiger partial charge in [0.05, 0.1) is 6.61 Å². The summed E-state index contributed by atoms with van der Waals surface area (Å²) in [4.78, 5) is 0. The first-order valence-corrected chi connectivity index (χ1v) is 7.25. The molecule has 0 saturated carbocycles. The maximum absolute atomic E-state index is 7.79. The maximum atomic E-state index is 7.79. The summed E-state index contributed by atoms with van der Waals surface area (Å²) in [5, 5.41) is 23.2. The van der Waals surface area contributed by atoms with Crippen LogP contribution in [-0.2, 0) is 11.3 Å². The molecule has 2 heterocycles. The summed E-state index contributed by atoms with van der Waals surface area (Å²) in [6.07, 6.45) is 1.12. The summed E-state index contributed by atoms with van der Waals surface area (Å²) in [5.74, 6) is 0.513. The molecule has 0 aromatic carbocycles. The molecule has 0 bridgehead atoms. The lowest BCUT2D eigenvalue weighted by Crippen LogP contribution is -2.22. The number of aliphatic hydroxyl groups is 1. The molecule has 8 nitrogen and oxygen atoms in total. The van der Waals surface area contributed by atoms with Crippen molar-refractivity contribution in [3.8, 4) is 5.88 Å². The van der Waals surface area contributed by atoms with Gasteiger partial charge in [-0.1, -0.05) is 6.92 Å². The monoisotopic (exact) mass is 313 g/mol. The van der Waals surface area contributed by atoms with Crippen LogP contribution >= 0.6 is 0 Å². The number of nitrogens with zero attached hydrogens (tertiary/aromatic N) is 4. The van der Waals surface area contributed by atoms with E-state index in [2.05, 4.69) is 17.1 Å². The van der Waals surface area contributed by atoms with Crippen molar-refractivity contribution in [2.45, 2.75) is 33.7 Å². The fourth-order valence-electron chi connectivity index (χ4n) is 1.56. The zero-order valence-corrected chi connectivity index (χ0v) is 14.0. The molecule has 0 saturated heterocycles. The zero-order valence-electron chi connectivity index (χ0n) is 14.0. The van der Waals surface area contributed by atoms with Gasteiger partial charge in [-0.05, 0) is 26.3 Å². The molecule has 0 spiro atoms. The fourth-order valence-corrected chi connectivity index (χ4v) is 1.56. The molecule has 8 heteroatoms. The number of methoxy groups -OCH3 is 1. The van der Waals surface area contributed by atoms with Gasteiger partial charge in [-0.2, -0.15) is 4.52 Å². The number of aryl methyl sites for hydroxylation is 1. The highest BCUT2D eigenvalue weighted by Crippen LogP contribution is 2.05. The van der Waals surface area contributed by atoms with Gasteiger partial charge >= 0.3 is 0 Å². The molecule has 0 aliphatic rings. The summed E-state index contributed by atoms with van der Waals surface area (Å²) in [6, 6.07) is 3.55. The van der Waals surface area contributed by atoms with Crippen LogP contribution in [0.15, 0.2) is 12.1 Å².